The second-order valence-corrected chi connectivity index (χ2v) is 10.0. The van der Waals surface area contributed by atoms with Gasteiger partial charge in [0.25, 0.3) is 0 Å². The van der Waals surface area contributed by atoms with Crippen molar-refractivity contribution in [1.82, 2.24) is 0 Å². The number of phenols is 1. The van der Waals surface area contributed by atoms with Gasteiger partial charge < -0.3 is 14.6 Å². The van der Waals surface area contributed by atoms with E-state index in [9.17, 15) is 14.7 Å². The number of ether oxygens (including phenoxy) is 2. The number of benzene rings is 2. The van der Waals surface area contributed by atoms with Crippen LogP contribution in [0.1, 0.15) is 75.3 Å². The Kier molecular flexibility index (Phi) is 6.95. The minimum Gasteiger partial charge on any atom is -0.504 e. The molecule has 2 fully saturated rings. The van der Waals surface area contributed by atoms with Crippen LogP contribution in [0.15, 0.2) is 64.8 Å². The highest BCUT2D eigenvalue weighted by atomic mass is 16.5. The molecule has 3 aliphatic rings. The van der Waals surface area contributed by atoms with Crippen LogP contribution in [0.2, 0.25) is 0 Å². The van der Waals surface area contributed by atoms with E-state index in [1.165, 1.54) is 0 Å². The number of hydrogen-bond acceptors (Lipinski definition) is 6. The number of allylic oxidation sites excluding steroid dienone is 1. The summed E-state index contributed by atoms with van der Waals surface area (Å²) in [4.78, 5) is 32.2. The number of rotatable bonds is 6. The van der Waals surface area contributed by atoms with Crippen molar-refractivity contribution in [2.75, 3.05) is 6.61 Å². The summed E-state index contributed by atoms with van der Waals surface area (Å²) < 4.78 is 11.6. The quantitative estimate of drug-likeness (QED) is 0.517. The summed E-state index contributed by atoms with van der Waals surface area (Å²) in [6.07, 6.45) is 4.81. The fourth-order valence-corrected chi connectivity index (χ4v) is 5.98. The van der Waals surface area contributed by atoms with Crippen LogP contribution < -0.4 is 4.74 Å². The second-order valence-electron chi connectivity index (χ2n) is 10.0. The summed E-state index contributed by atoms with van der Waals surface area (Å²) in [6.45, 7) is 4.07. The van der Waals surface area contributed by atoms with Gasteiger partial charge in [-0.1, -0.05) is 36.4 Å². The van der Waals surface area contributed by atoms with Crippen molar-refractivity contribution in [1.29, 1.82) is 0 Å². The molecule has 2 aromatic carbocycles. The fraction of sp³-hybridized carbons (Fsp3) is 0.433. The number of aliphatic imine (C=N–C) groups is 1. The Balaban J connectivity index is 1.57. The zero-order valence-corrected chi connectivity index (χ0v) is 20.9. The Morgan fingerprint density at radius 2 is 1.78 bits per heavy atom. The van der Waals surface area contributed by atoms with Gasteiger partial charge in [0.05, 0.1) is 18.1 Å². The highest BCUT2D eigenvalue weighted by molar-refractivity contribution is 6.12. The van der Waals surface area contributed by atoms with E-state index >= 15 is 0 Å². The Morgan fingerprint density at radius 3 is 2.50 bits per heavy atom. The van der Waals surface area contributed by atoms with E-state index in [4.69, 9.17) is 14.5 Å². The highest BCUT2D eigenvalue weighted by Crippen LogP contribution is 2.47. The maximum atomic E-state index is 13.8. The van der Waals surface area contributed by atoms with E-state index in [1.807, 2.05) is 32.0 Å². The summed E-state index contributed by atoms with van der Waals surface area (Å²) >= 11 is 0. The van der Waals surface area contributed by atoms with Crippen LogP contribution in [0.3, 0.4) is 0 Å². The molecule has 2 aliphatic carbocycles. The van der Waals surface area contributed by atoms with Crippen LogP contribution in [0.25, 0.3) is 0 Å². The van der Waals surface area contributed by atoms with Crippen molar-refractivity contribution in [3.8, 4) is 11.5 Å². The molecule has 2 aromatic rings. The number of hydrogen-bond donors (Lipinski definition) is 1. The first-order valence-electron chi connectivity index (χ1n) is 13.0. The molecule has 1 heterocycles. The molecule has 3 atom stereocenters. The second kappa shape index (κ2) is 10.3. The molecular formula is C30H33NO5. The molecule has 0 saturated heterocycles. The first-order valence-corrected chi connectivity index (χ1v) is 13.0. The van der Waals surface area contributed by atoms with E-state index in [0.29, 0.717) is 36.5 Å². The van der Waals surface area contributed by atoms with E-state index in [2.05, 4.69) is 12.1 Å². The van der Waals surface area contributed by atoms with E-state index < -0.39 is 17.8 Å². The molecule has 1 N–H and O–H groups in total. The lowest BCUT2D eigenvalue weighted by atomic mass is 9.66. The minimum atomic E-state index is -0.543. The van der Waals surface area contributed by atoms with Gasteiger partial charge in [-0.15, -0.1) is 0 Å². The van der Waals surface area contributed by atoms with Crippen LogP contribution in [0.4, 0.5) is 0 Å². The molecule has 0 aromatic heterocycles. The van der Waals surface area contributed by atoms with Gasteiger partial charge in [-0.2, -0.15) is 0 Å². The normalized spacial score (nSPS) is 24.3. The van der Waals surface area contributed by atoms with Gasteiger partial charge in [0, 0.05) is 23.7 Å². The molecule has 0 bridgehead atoms. The largest absolute Gasteiger partial charge is 0.504 e. The molecule has 6 heteroatoms. The average Bonchev–Trinajstić information content (AvgIpc) is 3.38. The van der Waals surface area contributed by atoms with Gasteiger partial charge in [-0.3, -0.25) is 9.79 Å². The molecule has 1 unspecified atom stereocenters. The third-order valence-electron chi connectivity index (χ3n) is 7.66. The Labute approximate surface area is 212 Å². The molecule has 5 rings (SSSR count). The van der Waals surface area contributed by atoms with Gasteiger partial charge in [-0.05, 0) is 75.1 Å². The summed E-state index contributed by atoms with van der Waals surface area (Å²) in [7, 11) is 0. The molecular weight excluding hydrogens is 454 g/mol. The van der Waals surface area contributed by atoms with Crippen LogP contribution in [0.5, 0.6) is 11.5 Å². The van der Waals surface area contributed by atoms with Crippen LogP contribution in [0, 0.1) is 5.92 Å². The third kappa shape index (κ3) is 4.69. The summed E-state index contributed by atoms with van der Waals surface area (Å²) in [5.74, 6) is -0.965. The molecule has 1 aliphatic heterocycles. The summed E-state index contributed by atoms with van der Waals surface area (Å²) in [5, 5.41) is 10.3. The number of nitrogens with zero attached hydrogens (tertiary/aromatic N) is 1. The zero-order chi connectivity index (χ0) is 25.2. The van der Waals surface area contributed by atoms with E-state index in [1.54, 1.807) is 18.2 Å². The molecule has 0 spiro atoms. The van der Waals surface area contributed by atoms with E-state index in [0.717, 1.165) is 42.5 Å². The number of Topliss-reactive ketones (excluding diaryl/α,β-unsaturated/α-hetero) is 1. The van der Waals surface area contributed by atoms with Crippen LogP contribution >= 0.6 is 0 Å². The predicted molar refractivity (Wildman–Crippen MR) is 137 cm³/mol. The van der Waals surface area contributed by atoms with Gasteiger partial charge >= 0.3 is 5.97 Å². The topological polar surface area (TPSA) is 85.2 Å². The molecule has 2 saturated carbocycles. The van der Waals surface area contributed by atoms with Gasteiger partial charge in [-0.25, -0.2) is 4.79 Å². The summed E-state index contributed by atoms with van der Waals surface area (Å²) in [5.41, 5.74) is 3.72. The third-order valence-corrected chi connectivity index (χ3v) is 7.66. The standard InChI is InChI=1S/C30H33NO5/c1-3-35-26-17-20(13-14-24(26)32)28-27(30(34)36-22-11-7-8-12-22)18(2)31-23-15-21(16-25(33)29(23)28)19-9-5-4-6-10-19/h4-6,9-10,13-14,17,21-22,28-29,32H,3,7-8,11-12,15-16H2,1-2H3/t21-,28-,29?/m1/s1. The van der Waals surface area contributed by atoms with Crippen molar-refractivity contribution in [2.24, 2.45) is 10.9 Å². The lowest BCUT2D eigenvalue weighted by Gasteiger charge is -2.38. The van der Waals surface area contributed by atoms with Crippen molar-refractivity contribution >= 4 is 17.5 Å². The maximum absolute atomic E-state index is 13.8. The van der Waals surface area contributed by atoms with Crippen molar-refractivity contribution in [2.45, 2.75) is 70.3 Å². The first-order chi connectivity index (χ1) is 17.5. The number of fused-ring (bicyclic) bond motifs is 1. The Hall–Kier alpha value is -3.41. The number of esters is 1. The number of carbonyl (C=O) groups is 2. The predicted octanol–water partition coefficient (Wildman–Crippen LogP) is 5.85. The number of ketones is 1. The fourth-order valence-electron chi connectivity index (χ4n) is 5.98. The van der Waals surface area contributed by atoms with Gasteiger partial charge in [0.1, 0.15) is 11.9 Å². The number of phenolic OH excluding ortho intramolecular Hbond substituents is 1. The average molecular weight is 488 g/mol. The highest BCUT2D eigenvalue weighted by Gasteiger charge is 2.46. The SMILES string of the molecule is CCOc1cc([C@@H]2C(C(=O)OC3CCCC3)=C(C)N=C3C[C@@H](c4ccccc4)CC(=O)C32)ccc1O. The van der Waals surface area contributed by atoms with Crippen molar-refractivity contribution in [3.63, 3.8) is 0 Å². The molecule has 36 heavy (non-hydrogen) atoms. The van der Waals surface area contributed by atoms with Gasteiger partial charge in [0.15, 0.2) is 11.5 Å². The van der Waals surface area contributed by atoms with E-state index in [-0.39, 0.29) is 23.6 Å². The minimum absolute atomic E-state index is 0.0280. The smallest absolute Gasteiger partial charge is 0.336 e. The Morgan fingerprint density at radius 1 is 1.03 bits per heavy atom. The first kappa shape index (κ1) is 24.3. The molecule has 188 valence electrons. The summed E-state index contributed by atoms with van der Waals surface area (Å²) in [6, 6.07) is 15.2. The number of aromatic hydroxyl groups is 1. The maximum Gasteiger partial charge on any atom is 0.336 e. The zero-order valence-electron chi connectivity index (χ0n) is 20.9. The van der Waals surface area contributed by atoms with Crippen LogP contribution in [-0.2, 0) is 14.3 Å². The van der Waals surface area contributed by atoms with Crippen LogP contribution in [-0.4, -0.2) is 35.3 Å². The molecule has 0 radical (unpaired) electrons. The molecule has 0 amide bonds. The van der Waals surface area contributed by atoms with Crippen molar-refractivity contribution < 1.29 is 24.2 Å². The monoisotopic (exact) mass is 487 g/mol. The lowest BCUT2D eigenvalue weighted by molar-refractivity contribution is -0.144. The van der Waals surface area contributed by atoms with Gasteiger partial charge in [0.2, 0.25) is 0 Å². The number of carbonyl (C=O) groups excluding carboxylic acids is 2. The molecule has 6 nitrogen and oxygen atoms in total. The Bertz CT molecular complexity index is 1210. The lowest BCUT2D eigenvalue weighted by Crippen LogP contribution is -2.41. The van der Waals surface area contributed by atoms with Crippen molar-refractivity contribution in [3.05, 3.63) is 70.9 Å².